The molecule has 20 heavy (non-hydrogen) atoms. The van der Waals surface area contributed by atoms with Crippen LogP contribution >= 0.6 is 0 Å². The Bertz CT molecular complexity index is 546. The summed E-state index contributed by atoms with van der Waals surface area (Å²) in [7, 11) is 0. The van der Waals surface area contributed by atoms with Crippen molar-refractivity contribution in [2.45, 2.75) is 38.6 Å². The third-order valence-corrected chi connectivity index (χ3v) is 3.71. The van der Waals surface area contributed by atoms with Gasteiger partial charge >= 0.3 is 0 Å². The first-order valence-electron chi connectivity index (χ1n) is 7.16. The Kier molecular flexibility index (Phi) is 4.91. The minimum Gasteiger partial charge on any atom is -0.324 e. The molecule has 0 saturated heterocycles. The monoisotopic (exact) mass is 271 g/mol. The molecule has 1 nitrogen and oxygen atoms in total. The van der Waals surface area contributed by atoms with E-state index in [4.69, 9.17) is 5.73 Å². The van der Waals surface area contributed by atoms with Crippen LogP contribution in [0.1, 0.15) is 48.9 Å². The average molecular weight is 271 g/mol. The fourth-order valence-corrected chi connectivity index (χ4v) is 2.31. The molecule has 0 aliphatic carbocycles. The van der Waals surface area contributed by atoms with Gasteiger partial charge in [0.2, 0.25) is 0 Å². The highest BCUT2D eigenvalue weighted by atomic mass is 19.1. The Morgan fingerprint density at radius 3 is 2.15 bits per heavy atom. The molecule has 0 saturated carbocycles. The van der Waals surface area contributed by atoms with Crippen LogP contribution in [0.4, 0.5) is 4.39 Å². The average Bonchev–Trinajstić information content (AvgIpc) is 2.46. The molecular formula is C18H22FN. The predicted molar refractivity (Wildman–Crippen MR) is 82.2 cm³/mol. The van der Waals surface area contributed by atoms with Gasteiger partial charge in [0.1, 0.15) is 5.82 Å². The van der Waals surface area contributed by atoms with Crippen molar-refractivity contribution in [3.8, 4) is 0 Å². The van der Waals surface area contributed by atoms with Crippen molar-refractivity contribution in [3.05, 3.63) is 71.0 Å². The zero-order valence-electron chi connectivity index (χ0n) is 12.1. The van der Waals surface area contributed by atoms with E-state index >= 15 is 0 Å². The summed E-state index contributed by atoms with van der Waals surface area (Å²) in [5.41, 5.74) is 9.37. The van der Waals surface area contributed by atoms with Crippen molar-refractivity contribution in [2.24, 2.45) is 5.73 Å². The summed E-state index contributed by atoms with van der Waals surface area (Å²) >= 11 is 0. The largest absolute Gasteiger partial charge is 0.324 e. The molecule has 0 amide bonds. The Morgan fingerprint density at radius 1 is 0.950 bits per heavy atom. The zero-order chi connectivity index (χ0) is 14.5. The molecule has 0 radical (unpaired) electrons. The molecule has 1 unspecified atom stereocenters. The molecule has 0 aromatic heterocycles. The molecule has 106 valence electrons. The molecule has 0 aliphatic heterocycles. The fraction of sp³-hybridized carbons (Fsp3) is 0.333. The number of hydrogen-bond acceptors (Lipinski definition) is 1. The summed E-state index contributed by atoms with van der Waals surface area (Å²) in [4.78, 5) is 0. The molecule has 2 N–H and O–H groups in total. The molecule has 0 aliphatic rings. The molecule has 2 aromatic rings. The van der Waals surface area contributed by atoms with E-state index in [1.165, 1.54) is 11.6 Å². The molecular weight excluding hydrogens is 249 g/mol. The smallest absolute Gasteiger partial charge is 0.126 e. The number of benzene rings is 2. The Labute approximate surface area is 120 Å². The summed E-state index contributed by atoms with van der Waals surface area (Å²) in [5, 5.41) is 0. The number of rotatable bonds is 5. The van der Waals surface area contributed by atoms with Crippen LogP contribution < -0.4 is 5.73 Å². The SMILES string of the molecule is CC(C)c1ccc(C(N)CCc2ccccc2F)cc1. The van der Waals surface area contributed by atoms with Gasteiger partial charge in [-0.15, -0.1) is 0 Å². The van der Waals surface area contributed by atoms with Crippen LogP contribution in [0.25, 0.3) is 0 Å². The Morgan fingerprint density at radius 2 is 1.55 bits per heavy atom. The maximum Gasteiger partial charge on any atom is 0.126 e. The van der Waals surface area contributed by atoms with Crippen LogP contribution in [0.2, 0.25) is 0 Å². The normalized spacial score (nSPS) is 12.7. The highest BCUT2D eigenvalue weighted by Crippen LogP contribution is 2.21. The van der Waals surface area contributed by atoms with Crippen molar-refractivity contribution in [3.63, 3.8) is 0 Å². The van der Waals surface area contributed by atoms with Gasteiger partial charge in [0.05, 0.1) is 0 Å². The minimum absolute atomic E-state index is 0.0455. The van der Waals surface area contributed by atoms with E-state index in [0.717, 1.165) is 17.5 Å². The maximum atomic E-state index is 13.5. The lowest BCUT2D eigenvalue weighted by molar-refractivity contribution is 0.586. The topological polar surface area (TPSA) is 26.0 Å². The number of halogens is 1. The van der Waals surface area contributed by atoms with E-state index in [-0.39, 0.29) is 11.9 Å². The van der Waals surface area contributed by atoms with Gasteiger partial charge in [-0.05, 0) is 41.5 Å². The van der Waals surface area contributed by atoms with Gasteiger partial charge in [0, 0.05) is 6.04 Å². The van der Waals surface area contributed by atoms with Crippen molar-refractivity contribution >= 4 is 0 Å². The Hall–Kier alpha value is -1.67. The van der Waals surface area contributed by atoms with Gasteiger partial charge in [-0.2, -0.15) is 0 Å². The summed E-state index contributed by atoms with van der Waals surface area (Å²) in [6.45, 7) is 4.35. The van der Waals surface area contributed by atoms with Crippen LogP contribution in [-0.4, -0.2) is 0 Å². The fourth-order valence-electron chi connectivity index (χ4n) is 2.31. The standard InChI is InChI=1S/C18H22FN/c1-13(2)14-7-9-16(10-8-14)18(20)12-11-15-5-3-4-6-17(15)19/h3-10,13,18H,11-12,20H2,1-2H3. The second kappa shape index (κ2) is 6.67. The van der Waals surface area contributed by atoms with Crippen molar-refractivity contribution < 1.29 is 4.39 Å². The molecule has 2 rings (SSSR count). The lowest BCUT2D eigenvalue weighted by atomic mass is 9.96. The number of hydrogen-bond donors (Lipinski definition) is 1. The molecule has 0 heterocycles. The van der Waals surface area contributed by atoms with Crippen molar-refractivity contribution in [1.82, 2.24) is 0 Å². The first kappa shape index (κ1) is 14.7. The summed E-state index contributed by atoms with van der Waals surface area (Å²) in [6, 6.07) is 15.3. The van der Waals surface area contributed by atoms with Crippen molar-refractivity contribution in [2.75, 3.05) is 0 Å². The summed E-state index contributed by atoms with van der Waals surface area (Å²) in [5.74, 6) is 0.383. The predicted octanol–water partition coefficient (Wildman–Crippen LogP) is 4.58. The van der Waals surface area contributed by atoms with E-state index in [0.29, 0.717) is 12.3 Å². The second-order valence-corrected chi connectivity index (χ2v) is 5.56. The number of aryl methyl sites for hydroxylation is 1. The van der Waals surface area contributed by atoms with Crippen LogP contribution in [0.15, 0.2) is 48.5 Å². The van der Waals surface area contributed by atoms with E-state index in [1.54, 1.807) is 6.07 Å². The van der Waals surface area contributed by atoms with Gasteiger partial charge in [0.25, 0.3) is 0 Å². The van der Waals surface area contributed by atoms with Gasteiger partial charge in [-0.1, -0.05) is 56.3 Å². The van der Waals surface area contributed by atoms with E-state index in [2.05, 4.69) is 38.1 Å². The van der Waals surface area contributed by atoms with E-state index in [1.807, 2.05) is 12.1 Å². The highest BCUT2D eigenvalue weighted by molar-refractivity contribution is 5.27. The van der Waals surface area contributed by atoms with E-state index < -0.39 is 0 Å². The third kappa shape index (κ3) is 3.67. The minimum atomic E-state index is -0.144. The lowest BCUT2D eigenvalue weighted by Gasteiger charge is -2.14. The lowest BCUT2D eigenvalue weighted by Crippen LogP contribution is -2.11. The molecule has 1 atom stereocenters. The van der Waals surface area contributed by atoms with Crippen molar-refractivity contribution in [1.29, 1.82) is 0 Å². The molecule has 0 bridgehead atoms. The highest BCUT2D eigenvalue weighted by Gasteiger charge is 2.09. The van der Waals surface area contributed by atoms with Gasteiger partial charge in [-0.3, -0.25) is 0 Å². The molecule has 0 fully saturated rings. The molecule has 2 aromatic carbocycles. The third-order valence-electron chi connectivity index (χ3n) is 3.71. The van der Waals surface area contributed by atoms with Crippen LogP contribution in [0, 0.1) is 5.82 Å². The Balaban J connectivity index is 1.98. The molecule has 0 spiro atoms. The first-order valence-corrected chi connectivity index (χ1v) is 7.16. The van der Waals surface area contributed by atoms with Crippen LogP contribution in [0.3, 0.4) is 0 Å². The van der Waals surface area contributed by atoms with Crippen LogP contribution in [0.5, 0.6) is 0 Å². The quantitative estimate of drug-likeness (QED) is 0.846. The second-order valence-electron chi connectivity index (χ2n) is 5.56. The molecule has 2 heteroatoms. The summed E-state index contributed by atoms with van der Waals surface area (Å²) < 4.78 is 13.5. The van der Waals surface area contributed by atoms with Crippen LogP contribution in [-0.2, 0) is 6.42 Å². The van der Waals surface area contributed by atoms with Gasteiger partial charge in [0.15, 0.2) is 0 Å². The summed E-state index contributed by atoms with van der Waals surface area (Å²) in [6.07, 6.45) is 1.42. The zero-order valence-corrected chi connectivity index (χ0v) is 12.1. The number of nitrogens with two attached hydrogens (primary N) is 1. The van der Waals surface area contributed by atoms with Gasteiger partial charge in [-0.25, -0.2) is 4.39 Å². The first-order chi connectivity index (χ1) is 9.58. The van der Waals surface area contributed by atoms with Gasteiger partial charge < -0.3 is 5.73 Å². The maximum absolute atomic E-state index is 13.5. The van der Waals surface area contributed by atoms with E-state index in [9.17, 15) is 4.39 Å².